The van der Waals surface area contributed by atoms with Crippen LogP contribution in [0.2, 0.25) is 0 Å². The molecule has 1 nitrogen and oxygen atoms in total. The Bertz CT molecular complexity index is 546. The molecular formula is C12H11N. The predicted molar refractivity (Wildman–Crippen MR) is 57.7 cm³/mol. The first kappa shape index (κ1) is 7.87. The van der Waals surface area contributed by atoms with E-state index in [1.807, 2.05) is 24.3 Å². The topological polar surface area (TPSA) is 15.8 Å². The molecule has 0 aliphatic heterocycles. The Morgan fingerprint density at radius 3 is 2.69 bits per heavy atom. The molecule has 2 aromatic rings. The van der Waals surface area contributed by atoms with Crippen molar-refractivity contribution in [2.45, 2.75) is 0 Å². The second-order valence-electron chi connectivity index (χ2n) is 2.97. The van der Waals surface area contributed by atoms with Gasteiger partial charge in [-0.05, 0) is 12.1 Å². The second-order valence-corrected chi connectivity index (χ2v) is 2.97. The van der Waals surface area contributed by atoms with E-state index in [2.05, 4.69) is 24.2 Å². The Morgan fingerprint density at radius 1 is 1.23 bits per heavy atom. The van der Waals surface area contributed by atoms with Crippen LogP contribution in [0, 0.1) is 0 Å². The standard InChI is InChI=1S/C12H11N/c1-3-6-11-9(2)10-7-4-5-8-12(10)13-11/h3-8,13H,1-2H2/b11-6+. The highest BCUT2D eigenvalue weighted by Gasteiger charge is 1.94. The van der Waals surface area contributed by atoms with Crippen LogP contribution in [0.3, 0.4) is 0 Å². The molecule has 0 bridgehead atoms. The highest BCUT2D eigenvalue weighted by atomic mass is 14.7. The maximum absolute atomic E-state index is 4.02. The van der Waals surface area contributed by atoms with Crippen LogP contribution in [0.5, 0.6) is 0 Å². The van der Waals surface area contributed by atoms with Crippen molar-refractivity contribution in [2.24, 2.45) is 0 Å². The zero-order chi connectivity index (χ0) is 9.26. The molecule has 0 amide bonds. The lowest BCUT2D eigenvalue weighted by molar-refractivity contribution is 1.36. The second kappa shape index (κ2) is 2.94. The zero-order valence-corrected chi connectivity index (χ0v) is 7.38. The van der Waals surface area contributed by atoms with Crippen molar-refractivity contribution in [1.29, 1.82) is 0 Å². The summed E-state index contributed by atoms with van der Waals surface area (Å²) in [6.07, 6.45) is 3.70. The number of fused-ring (bicyclic) bond motifs is 1. The molecule has 0 saturated carbocycles. The van der Waals surface area contributed by atoms with Crippen LogP contribution < -0.4 is 10.6 Å². The van der Waals surface area contributed by atoms with Gasteiger partial charge < -0.3 is 4.98 Å². The van der Waals surface area contributed by atoms with E-state index in [0.29, 0.717) is 0 Å². The lowest BCUT2D eigenvalue weighted by atomic mass is 10.2. The number of hydrogen-bond acceptors (Lipinski definition) is 0. The Hall–Kier alpha value is -1.76. The summed E-state index contributed by atoms with van der Waals surface area (Å²) in [5, 5.41) is 3.25. The molecule has 0 atom stereocenters. The number of aromatic amines is 1. The Morgan fingerprint density at radius 2 is 2.00 bits per heavy atom. The summed E-state index contributed by atoms with van der Waals surface area (Å²) in [6, 6.07) is 8.14. The van der Waals surface area contributed by atoms with Crippen molar-refractivity contribution in [2.75, 3.05) is 0 Å². The molecule has 64 valence electrons. The fraction of sp³-hybridized carbons (Fsp3) is 0. The summed E-state index contributed by atoms with van der Waals surface area (Å²) in [4.78, 5) is 3.28. The number of rotatable bonds is 1. The molecule has 0 fully saturated rings. The quantitative estimate of drug-likeness (QED) is 0.666. The number of para-hydroxylation sites is 1. The minimum Gasteiger partial charge on any atom is -0.355 e. The van der Waals surface area contributed by atoms with Gasteiger partial charge in [-0.25, -0.2) is 0 Å². The van der Waals surface area contributed by atoms with E-state index in [0.717, 1.165) is 16.1 Å². The molecule has 1 heteroatoms. The van der Waals surface area contributed by atoms with E-state index >= 15 is 0 Å². The maximum Gasteiger partial charge on any atom is 0.0464 e. The van der Waals surface area contributed by atoms with Crippen LogP contribution in [-0.2, 0) is 0 Å². The number of nitrogens with one attached hydrogen (secondary N) is 1. The van der Waals surface area contributed by atoms with E-state index in [1.165, 1.54) is 5.39 Å². The van der Waals surface area contributed by atoms with Crippen molar-refractivity contribution < 1.29 is 0 Å². The summed E-state index contributed by atoms with van der Waals surface area (Å²) in [5.41, 5.74) is 1.13. The molecule has 0 aliphatic rings. The molecule has 1 aromatic heterocycles. The number of H-pyrrole nitrogens is 1. The van der Waals surface area contributed by atoms with Crippen molar-refractivity contribution in [1.82, 2.24) is 4.98 Å². The average molecular weight is 169 g/mol. The minimum absolute atomic E-state index is 1.04. The van der Waals surface area contributed by atoms with Gasteiger partial charge in [0.25, 0.3) is 0 Å². The summed E-state index contributed by atoms with van der Waals surface area (Å²) in [6.45, 7) is 7.68. The largest absolute Gasteiger partial charge is 0.355 e. The lowest BCUT2D eigenvalue weighted by Crippen LogP contribution is -2.20. The summed E-state index contributed by atoms with van der Waals surface area (Å²) in [5.74, 6) is 0. The molecule has 0 spiro atoms. The summed E-state index contributed by atoms with van der Waals surface area (Å²) < 4.78 is 0. The third-order valence-electron chi connectivity index (χ3n) is 2.13. The van der Waals surface area contributed by atoms with Crippen LogP contribution in [0.1, 0.15) is 0 Å². The van der Waals surface area contributed by atoms with E-state index in [4.69, 9.17) is 0 Å². The van der Waals surface area contributed by atoms with Gasteiger partial charge in [0.1, 0.15) is 0 Å². The normalized spacial score (nSPS) is 12.2. The van der Waals surface area contributed by atoms with Crippen LogP contribution >= 0.6 is 0 Å². The van der Waals surface area contributed by atoms with E-state index < -0.39 is 0 Å². The SMILES string of the molecule is C=C/C=c1/[nH]c2ccccc2c1=C. The number of allylic oxidation sites excluding steroid dienone is 1. The van der Waals surface area contributed by atoms with E-state index in [1.54, 1.807) is 6.08 Å². The lowest BCUT2D eigenvalue weighted by Gasteiger charge is -1.84. The first-order valence-electron chi connectivity index (χ1n) is 4.21. The van der Waals surface area contributed by atoms with E-state index in [-0.39, 0.29) is 0 Å². The van der Waals surface area contributed by atoms with Gasteiger partial charge in [-0.1, -0.05) is 37.4 Å². The Kier molecular flexibility index (Phi) is 1.78. The van der Waals surface area contributed by atoms with Crippen LogP contribution in [0.15, 0.2) is 36.9 Å². The van der Waals surface area contributed by atoms with Gasteiger partial charge in [-0.2, -0.15) is 0 Å². The van der Waals surface area contributed by atoms with Gasteiger partial charge in [-0.3, -0.25) is 0 Å². The number of aromatic nitrogens is 1. The minimum atomic E-state index is 1.04. The van der Waals surface area contributed by atoms with Gasteiger partial charge in [-0.15, -0.1) is 0 Å². The molecule has 0 aliphatic carbocycles. The molecule has 2 rings (SSSR count). The fourth-order valence-corrected chi connectivity index (χ4v) is 1.48. The predicted octanol–water partition coefficient (Wildman–Crippen LogP) is 1.54. The fourth-order valence-electron chi connectivity index (χ4n) is 1.48. The third-order valence-corrected chi connectivity index (χ3v) is 2.13. The maximum atomic E-state index is 4.02. The molecular weight excluding hydrogens is 158 g/mol. The monoisotopic (exact) mass is 169 g/mol. The van der Waals surface area contributed by atoms with Gasteiger partial charge in [0, 0.05) is 21.5 Å². The summed E-state index contributed by atoms with van der Waals surface area (Å²) >= 11 is 0. The highest BCUT2D eigenvalue weighted by Crippen LogP contribution is 2.02. The van der Waals surface area contributed by atoms with Crippen molar-refractivity contribution in [3.8, 4) is 0 Å². The van der Waals surface area contributed by atoms with Crippen LogP contribution in [0.25, 0.3) is 23.6 Å². The number of hydrogen-bond donors (Lipinski definition) is 1. The molecule has 0 saturated heterocycles. The summed E-state index contributed by atoms with van der Waals surface area (Å²) in [7, 11) is 0. The van der Waals surface area contributed by atoms with Gasteiger partial charge >= 0.3 is 0 Å². The van der Waals surface area contributed by atoms with E-state index in [9.17, 15) is 0 Å². The van der Waals surface area contributed by atoms with Gasteiger partial charge in [0.2, 0.25) is 0 Å². The first-order valence-corrected chi connectivity index (χ1v) is 4.21. The smallest absolute Gasteiger partial charge is 0.0464 e. The van der Waals surface area contributed by atoms with Crippen molar-refractivity contribution in [3.05, 3.63) is 47.5 Å². The highest BCUT2D eigenvalue weighted by molar-refractivity contribution is 5.80. The van der Waals surface area contributed by atoms with Crippen molar-refractivity contribution in [3.63, 3.8) is 0 Å². The molecule has 0 radical (unpaired) electrons. The molecule has 13 heavy (non-hydrogen) atoms. The molecule has 0 unspecified atom stereocenters. The molecule has 1 heterocycles. The Labute approximate surface area is 76.7 Å². The van der Waals surface area contributed by atoms with Crippen molar-refractivity contribution >= 4 is 23.6 Å². The van der Waals surface area contributed by atoms with Gasteiger partial charge in [0.05, 0.1) is 0 Å². The number of benzene rings is 1. The Balaban J connectivity index is 2.98. The average Bonchev–Trinajstić information content (AvgIpc) is 2.46. The zero-order valence-electron chi connectivity index (χ0n) is 7.38. The molecule has 1 aromatic carbocycles. The van der Waals surface area contributed by atoms with Crippen LogP contribution in [0.4, 0.5) is 0 Å². The third kappa shape index (κ3) is 1.18. The van der Waals surface area contributed by atoms with Gasteiger partial charge in [0.15, 0.2) is 0 Å². The first-order chi connectivity index (χ1) is 6.33. The van der Waals surface area contributed by atoms with Crippen LogP contribution in [-0.4, -0.2) is 4.98 Å². The molecule has 1 N–H and O–H groups in total.